The van der Waals surface area contributed by atoms with Gasteiger partial charge in [0.25, 0.3) is 0 Å². The summed E-state index contributed by atoms with van der Waals surface area (Å²) in [6.07, 6.45) is -10.2. The van der Waals surface area contributed by atoms with Crippen LogP contribution in [0.25, 0.3) is 0 Å². The number of hydrogen-bond donors (Lipinski definition) is 2. The highest BCUT2D eigenvalue weighted by molar-refractivity contribution is 5.95. The normalized spacial score (nSPS) is 36.1. The Hall–Kier alpha value is -4.52. The molecule has 3 fully saturated rings. The third kappa shape index (κ3) is 6.34. The Morgan fingerprint density at radius 3 is 2.08 bits per heavy atom. The number of nitrogens with one attached hydrogen (secondary N) is 1. The lowest BCUT2D eigenvalue weighted by Gasteiger charge is -2.67. The van der Waals surface area contributed by atoms with E-state index in [-0.39, 0.29) is 24.2 Å². The molecule has 2 N–H and O–H groups in total. The van der Waals surface area contributed by atoms with E-state index in [1.165, 1.54) is 34.6 Å². The van der Waals surface area contributed by atoms with Crippen molar-refractivity contribution in [3.05, 3.63) is 21.0 Å². The monoisotopic (exact) mass is 725 g/mol. The van der Waals surface area contributed by atoms with Crippen molar-refractivity contribution in [1.82, 2.24) is 5.32 Å². The zero-order valence-corrected chi connectivity index (χ0v) is 29.7. The third-order valence-electron chi connectivity index (χ3n) is 10.9. The van der Waals surface area contributed by atoms with Crippen molar-refractivity contribution in [1.29, 1.82) is 0 Å². The smallest absolute Gasteiger partial charge is 0.353 e. The van der Waals surface area contributed by atoms with Gasteiger partial charge in [-0.2, -0.15) is 0 Å². The number of hydrogen-bond acceptors (Lipinski definition) is 18. The first kappa shape index (κ1) is 39.3. The summed E-state index contributed by atoms with van der Waals surface area (Å²) >= 11 is 0. The number of carbonyl (C=O) groups is 6. The van der Waals surface area contributed by atoms with Crippen molar-refractivity contribution in [2.75, 3.05) is 6.61 Å². The van der Waals surface area contributed by atoms with Crippen molar-refractivity contribution in [2.45, 2.75) is 129 Å². The van der Waals surface area contributed by atoms with Crippen molar-refractivity contribution >= 4 is 35.6 Å². The summed E-state index contributed by atoms with van der Waals surface area (Å²) in [7, 11) is 0. The standard InChI is InChI=1S/C32H43N3O16/c1-13-19(48-28(41)23(51-35-44)14(2)33-15(3)36)11-32(42)27(47-17(5)38)25-30(9,26(40)24(46-16(4)37)22(13)29(32,7)8)20(50-34-43)10-21-31(25,12-45-21)49-18(6)39/h14,19-21,23-25,27,42H,10-12H2,1-9H3,(H,33,36)/t14?,19?,20?,21?,23?,24?,25?,27?,30-,31?,32?/m1/s1. The average molecular weight is 726 g/mol. The number of amides is 1. The van der Waals surface area contributed by atoms with Gasteiger partial charge in [0, 0.05) is 46.0 Å². The van der Waals surface area contributed by atoms with Crippen molar-refractivity contribution in [3.8, 4) is 0 Å². The van der Waals surface area contributed by atoms with E-state index in [0.717, 1.165) is 27.7 Å². The van der Waals surface area contributed by atoms with Crippen LogP contribution < -0.4 is 5.32 Å². The summed E-state index contributed by atoms with van der Waals surface area (Å²) in [4.78, 5) is 112. The van der Waals surface area contributed by atoms with Gasteiger partial charge >= 0.3 is 23.9 Å². The van der Waals surface area contributed by atoms with E-state index in [2.05, 4.69) is 16.0 Å². The lowest BCUT2D eigenvalue weighted by Crippen LogP contribution is -2.82. The molecule has 19 nitrogen and oxygen atoms in total. The van der Waals surface area contributed by atoms with Gasteiger partial charge in [0.15, 0.2) is 28.2 Å². The molecule has 0 aromatic heterocycles. The molecule has 4 rings (SSSR count). The SMILES string of the molecule is CC(=O)NC(C)C(ON=O)C(=O)OC1CC2(O)C(OC(C)=O)C3C4(OC(C)=O)COC4CC(ON=O)[C@@]3(C)C(=O)C(OC(C)=O)C(=C1C)C2(C)C. The molecule has 1 saturated heterocycles. The number of ether oxygens (including phenoxy) is 5. The molecule has 1 amide bonds. The van der Waals surface area contributed by atoms with E-state index >= 15 is 4.79 Å². The van der Waals surface area contributed by atoms with Crippen LogP contribution >= 0.6 is 0 Å². The first-order valence-electron chi connectivity index (χ1n) is 16.2. The highest BCUT2D eigenvalue weighted by Crippen LogP contribution is 2.64. The van der Waals surface area contributed by atoms with Crippen LogP contribution in [0.1, 0.15) is 75.2 Å². The molecule has 4 aliphatic rings. The second-order valence-corrected chi connectivity index (χ2v) is 14.3. The zero-order valence-electron chi connectivity index (χ0n) is 29.7. The summed E-state index contributed by atoms with van der Waals surface area (Å²) in [5.74, 6) is -6.91. The number of rotatable bonds is 11. The van der Waals surface area contributed by atoms with E-state index in [4.69, 9.17) is 33.4 Å². The minimum Gasteiger partial charge on any atom is -0.459 e. The molecule has 1 heterocycles. The van der Waals surface area contributed by atoms with E-state index < -0.39 is 113 Å². The predicted molar refractivity (Wildman–Crippen MR) is 167 cm³/mol. The Morgan fingerprint density at radius 1 is 0.961 bits per heavy atom. The van der Waals surface area contributed by atoms with Gasteiger partial charge < -0.3 is 43.8 Å². The lowest BCUT2D eigenvalue weighted by molar-refractivity contribution is -0.350. The minimum absolute atomic E-state index is 0.0432. The van der Waals surface area contributed by atoms with E-state index in [0.29, 0.717) is 0 Å². The fourth-order valence-corrected chi connectivity index (χ4v) is 8.61. The second-order valence-electron chi connectivity index (χ2n) is 14.3. The minimum atomic E-state index is -2.37. The van der Waals surface area contributed by atoms with Gasteiger partial charge in [-0.1, -0.05) is 13.8 Å². The van der Waals surface area contributed by atoms with Crippen molar-refractivity contribution < 1.29 is 67.2 Å². The predicted octanol–water partition coefficient (Wildman–Crippen LogP) is 1.21. The molecule has 0 radical (unpaired) electrons. The fraction of sp³-hybridized carbons (Fsp3) is 0.750. The summed E-state index contributed by atoms with van der Waals surface area (Å²) in [5, 5.41) is 20.5. The number of Topliss-reactive ketones (excluding diaryl/α,β-unsaturated/α-hetero) is 1. The van der Waals surface area contributed by atoms with Crippen LogP contribution in [-0.4, -0.2) is 101 Å². The van der Waals surface area contributed by atoms with Gasteiger partial charge in [-0.15, -0.1) is 9.81 Å². The number of aliphatic hydroxyl groups is 1. The van der Waals surface area contributed by atoms with Crippen LogP contribution in [0.5, 0.6) is 0 Å². The summed E-state index contributed by atoms with van der Waals surface area (Å²) < 4.78 is 29.1. The Balaban J connectivity index is 2.06. The van der Waals surface area contributed by atoms with E-state index in [1.807, 2.05) is 0 Å². The van der Waals surface area contributed by atoms with Gasteiger partial charge in [-0.25, -0.2) is 4.79 Å². The van der Waals surface area contributed by atoms with Gasteiger partial charge in [0.05, 0.1) is 24.0 Å². The van der Waals surface area contributed by atoms with E-state index in [1.54, 1.807) is 0 Å². The Morgan fingerprint density at radius 2 is 1.59 bits per heavy atom. The maximum atomic E-state index is 15.2. The molecule has 1 aliphatic heterocycles. The average Bonchev–Trinajstić information content (AvgIpc) is 2.99. The molecule has 0 aromatic carbocycles. The molecule has 2 saturated carbocycles. The summed E-state index contributed by atoms with van der Waals surface area (Å²) in [6.45, 7) is 11.2. The zero-order chi connectivity index (χ0) is 38.4. The fourth-order valence-electron chi connectivity index (χ4n) is 8.61. The number of esters is 4. The highest BCUT2D eigenvalue weighted by atomic mass is 16.7. The first-order valence-corrected chi connectivity index (χ1v) is 16.2. The van der Waals surface area contributed by atoms with Crippen LogP contribution in [0.3, 0.4) is 0 Å². The Kier molecular flexibility index (Phi) is 10.7. The molecular weight excluding hydrogens is 682 g/mol. The molecule has 19 heteroatoms. The third-order valence-corrected chi connectivity index (χ3v) is 10.9. The second kappa shape index (κ2) is 13.9. The first-order chi connectivity index (χ1) is 23.6. The molecule has 3 aliphatic carbocycles. The summed E-state index contributed by atoms with van der Waals surface area (Å²) in [5.41, 5.74) is -7.75. The molecule has 11 atom stereocenters. The molecule has 51 heavy (non-hydrogen) atoms. The lowest BCUT2D eigenvalue weighted by atomic mass is 9.44. The quantitative estimate of drug-likeness (QED) is 0.0997. The number of carbonyl (C=O) groups excluding carboxylic acids is 6. The van der Waals surface area contributed by atoms with Gasteiger partial charge in [0.1, 0.15) is 30.0 Å². The highest BCUT2D eigenvalue weighted by Gasteiger charge is 2.79. The van der Waals surface area contributed by atoms with Crippen molar-refractivity contribution in [2.24, 2.45) is 27.4 Å². The number of ketones is 1. The van der Waals surface area contributed by atoms with Gasteiger partial charge in [0.2, 0.25) is 12.0 Å². The van der Waals surface area contributed by atoms with E-state index in [9.17, 15) is 38.9 Å². The van der Waals surface area contributed by atoms with Crippen LogP contribution in [0.4, 0.5) is 0 Å². The number of nitrogens with zero attached hydrogens (tertiary/aromatic N) is 2. The summed E-state index contributed by atoms with van der Waals surface area (Å²) in [6, 6.07) is -1.14. The van der Waals surface area contributed by atoms with Crippen LogP contribution in [0, 0.1) is 26.6 Å². The molecule has 0 aromatic rings. The molecule has 0 spiro atoms. The van der Waals surface area contributed by atoms with Crippen LogP contribution in [-0.2, 0) is 62.1 Å². The molecule has 10 unspecified atom stereocenters. The van der Waals surface area contributed by atoms with Crippen LogP contribution in [0.2, 0.25) is 0 Å². The molecule has 282 valence electrons. The van der Waals surface area contributed by atoms with Crippen LogP contribution in [0.15, 0.2) is 21.8 Å². The number of fused-ring (bicyclic) bond motifs is 5. The maximum Gasteiger partial charge on any atom is 0.353 e. The maximum absolute atomic E-state index is 15.2. The molecular formula is C32H43N3O16. The Bertz CT molecular complexity index is 1550. The van der Waals surface area contributed by atoms with Gasteiger partial charge in [-0.3, -0.25) is 24.0 Å². The van der Waals surface area contributed by atoms with Gasteiger partial charge in [-0.05, 0) is 31.9 Å². The largest absolute Gasteiger partial charge is 0.459 e. The topological polar surface area (TPSA) is 258 Å². The Labute approximate surface area is 292 Å². The van der Waals surface area contributed by atoms with Crippen molar-refractivity contribution in [3.63, 3.8) is 0 Å². The molecule has 2 bridgehead atoms.